The molecule has 1 aliphatic rings. The molecule has 6 heteroatoms. The highest BCUT2D eigenvalue weighted by atomic mass is 79.9. The normalized spacial score (nSPS) is 12.5. The molecule has 4 rings (SSSR count). The Morgan fingerprint density at radius 2 is 2.00 bits per heavy atom. The van der Waals surface area contributed by atoms with Crippen LogP contribution in [0.3, 0.4) is 0 Å². The van der Waals surface area contributed by atoms with Gasteiger partial charge in [-0.15, -0.1) is 0 Å². The number of imidazole rings is 1. The molecule has 0 radical (unpaired) electrons. The molecule has 0 spiro atoms. The van der Waals surface area contributed by atoms with Crippen LogP contribution in [0.5, 0.6) is 5.75 Å². The Morgan fingerprint density at radius 1 is 1.19 bits per heavy atom. The third-order valence-electron chi connectivity index (χ3n) is 3.43. The lowest BCUT2D eigenvalue weighted by molar-refractivity contribution is 0.230. The van der Waals surface area contributed by atoms with E-state index in [1.807, 2.05) is 16.7 Å². The van der Waals surface area contributed by atoms with Crippen molar-refractivity contribution in [3.63, 3.8) is 0 Å². The number of pyridine rings is 1. The van der Waals surface area contributed by atoms with Crippen LogP contribution >= 0.6 is 15.9 Å². The molecule has 2 aromatic heterocycles. The van der Waals surface area contributed by atoms with E-state index in [-0.39, 0.29) is 5.82 Å². The molecule has 1 aromatic carbocycles. The van der Waals surface area contributed by atoms with Crippen LogP contribution in [0.1, 0.15) is 0 Å². The molecule has 0 saturated carbocycles. The number of ether oxygens (including phenoxy) is 1. The SMILES string of the molecule is Fc1cccc2c1-c1nc(Br)c(-c3ccncc3)n1CO2. The lowest BCUT2D eigenvalue weighted by Gasteiger charge is -2.21. The monoisotopic (exact) mass is 345 g/mol. The number of halogens is 2. The van der Waals surface area contributed by atoms with Crippen LogP contribution in [0.15, 0.2) is 47.3 Å². The number of hydrogen-bond acceptors (Lipinski definition) is 3. The van der Waals surface area contributed by atoms with Crippen molar-refractivity contribution in [3.05, 3.63) is 53.1 Å². The van der Waals surface area contributed by atoms with Crippen molar-refractivity contribution in [3.8, 4) is 28.4 Å². The second-order valence-electron chi connectivity index (χ2n) is 4.63. The molecule has 0 N–H and O–H groups in total. The molecule has 0 saturated heterocycles. The molecule has 0 amide bonds. The summed E-state index contributed by atoms with van der Waals surface area (Å²) >= 11 is 3.46. The van der Waals surface area contributed by atoms with E-state index in [9.17, 15) is 4.39 Å². The van der Waals surface area contributed by atoms with Crippen molar-refractivity contribution in [2.45, 2.75) is 6.73 Å². The first kappa shape index (κ1) is 12.5. The fourth-order valence-electron chi connectivity index (χ4n) is 2.50. The highest BCUT2D eigenvalue weighted by molar-refractivity contribution is 9.10. The minimum absolute atomic E-state index is 0.294. The van der Waals surface area contributed by atoms with Crippen molar-refractivity contribution >= 4 is 15.9 Å². The van der Waals surface area contributed by atoms with Gasteiger partial charge in [-0.05, 0) is 40.2 Å². The van der Waals surface area contributed by atoms with Crippen molar-refractivity contribution in [2.24, 2.45) is 0 Å². The van der Waals surface area contributed by atoms with Crippen LogP contribution < -0.4 is 4.74 Å². The molecule has 0 atom stereocenters. The third-order valence-corrected chi connectivity index (χ3v) is 3.98. The molecule has 21 heavy (non-hydrogen) atoms. The molecule has 3 aromatic rings. The van der Waals surface area contributed by atoms with E-state index in [4.69, 9.17) is 4.74 Å². The average Bonchev–Trinajstić information content (AvgIpc) is 2.84. The third kappa shape index (κ3) is 1.86. The van der Waals surface area contributed by atoms with Crippen LogP contribution in [-0.4, -0.2) is 14.5 Å². The summed E-state index contributed by atoms with van der Waals surface area (Å²) in [6.45, 7) is 0.294. The van der Waals surface area contributed by atoms with Crippen LogP contribution in [0, 0.1) is 5.82 Å². The maximum Gasteiger partial charge on any atom is 0.167 e. The number of fused-ring (bicyclic) bond motifs is 3. The number of nitrogens with zero attached hydrogens (tertiary/aromatic N) is 3. The molecule has 104 valence electrons. The van der Waals surface area contributed by atoms with E-state index in [1.165, 1.54) is 6.07 Å². The van der Waals surface area contributed by atoms with Gasteiger partial charge in [-0.1, -0.05) is 6.07 Å². The van der Waals surface area contributed by atoms with Gasteiger partial charge in [0.2, 0.25) is 0 Å². The maximum atomic E-state index is 14.1. The standard InChI is InChI=1S/C15H9BrFN3O/c16-14-13(9-4-6-18-7-5-9)20-8-21-11-3-1-2-10(17)12(11)15(20)19-14/h1-7H,8H2. The minimum Gasteiger partial charge on any atom is -0.472 e. The predicted octanol–water partition coefficient (Wildman–Crippen LogP) is 3.86. The minimum atomic E-state index is -0.341. The zero-order valence-electron chi connectivity index (χ0n) is 10.8. The van der Waals surface area contributed by atoms with E-state index in [1.54, 1.807) is 24.5 Å². The van der Waals surface area contributed by atoms with Crippen molar-refractivity contribution in [2.75, 3.05) is 0 Å². The van der Waals surface area contributed by atoms with Crippen LogP contribution in [0.4, 0.5) is 4.39 Å². The number of rotatable bonds is 1. The first-order chi connectivity index (χ1) is 10.3. The molecule has 3 heterocycles. The zero-order chi connectivity index (χ0) is 14.4. The Balaban J connectivity index is 1.99. The molecule has 0 bridgehead atoms. The van der Waals surface area contributed by atoms with Gasteiger partial charge in [0, 0.05) is 18.0 Å². The van der Waals surface area contributed by atoms with Crippen LogP contribution in [0.2, 0.25) is 0 Å². The van der Waals surface area contributed by atoms with Gasteiger partial charge in [0.1, 0.15) is 16.2 Å². The van der Waals surface area contributed by atoms with Gasteiger partial charge >= 0.3 is 0 Å². The van der Waals surface area contributed by atoms with Gasteiger partial charge in [-0.25, -0.2) is 9.37 Å². The second kappa shape index (κ2) is 4.66. The Morgan fingerprint density at radius 3 is 2.81 bits per heavy atom. The summed E-state index contributed by atoms with van der Waals surface area (Å²) in [5.41, 5.74) is 2.19. The molecule has 4 nitrogen and oxygen atoms in total. The van der Waals surface area contributed by atoms with Gasteiger partial charge in [0.15, 0.2) is 12.6 Å². The lowest BCUT2D eigenvalue weighted by Crippen LogP contribution is -2.14. The quantitative estimate of drug-likeness (QED) is 0.672. The topological polar surface area (TPSA) is 39.9 Å². The molecule has 0 unspecified atom stereocenters. The summed E-state index contributed by atoms with van der Waals surface area (Å²) in [4.78, 5) is 8.48. The fourth-order valence-corrected chi connectivity index (χ4v) is 3.11. The predicted molar refractivity (Wildman–Crippen MR) is 79.2 cm³/mol. The van der Waals surface area contributed by atoms with E-state index in [2.05, 4.69) is 25.9 Å². The maximum absolute atomic E-state index is 14.1. The largest absolute Gasteiger partial charge is 0.472 e. The lowest BCUT2D eigenvalue weighted by atomic mass is 10.1. The summed E-state index contributed by atoms with van der Waals surface area (Å²) < 4.78 is 22.3. The second-order valence-corrected chi connectivity index (χ2v) is 5.38. The van der Waals surface area contributed by atoms with E-state index < -0.39 is 0 Å². The van der Waals surface area contributed by atoms with E-state index in [0.717, 1.165) is 11.3 Å². The van der Waals surface area contributed by atoms with Crippen LogP contribution in [-0.2, 0) is 6.73 Å². The van der Waals surface area contributed by atoms with E-state index in [0.29, 0.717) is 28.5 Å². The van der Waals surface area contributed by atoms with Gasteiger partial charge in [-0.2, -0.15) is 0 Å². The van der Waals surface area contributed by atoms with Crippen molar-refractivity contribution in [1.82, 2.24) is 14.5 Å². The molecule has 1 aliphatic heterocycles. The Labute approximate surface area is 128 Å². The molecule has 0 aliphatic carbocycles. The molecular formula is C15H9BrFN3O. The zero-order valence-corrected chi connectivity index (χ0v) is 12.3. The Bertz CT molecular complexity index is 832. The van der Waals surface area contributed by atoms with Gasteiger partial charge in [0.25, 0.3) is 0 Å². The first-order valence-corrected chi connectivity index (χ1v) is 7.13. The highest BCUT2D eigenvalue weighted by Crippen LogP contribution is 2.40. The first-order valence-electron chi connectivity index (χ1n) is 6.34. The van der Waals surface area contributed by atoms with Crippen LogP contribution in [0.25, 0.3) is 22.6 Å². The number of benzene rings is 1. The van der Waals surface area contributed by atoms with Crippen molar-refractivity contribution < 1.29 is 9.13 Å². The number of aromatic nitrogens is 3. The van der Waals surface area contributed by atoms with Crippen molar-refractivity contribution in [1.29, 1.82) is 0 Å². The fraction of sp³-hybridized carbons (Fsp3) is 0.0667. The molecular weight excluding hydrogens is 337 g/mol. The van der Waals surface area contributed by atoms with E-state index >= 15 is 0 Å². The summed E-state index contributed by atoms with van der Waals surface area (Å²) in [7, 11) is 0. The Kier molecular flexibility index (Phi) is 2.78. The van der Waals surface area contributed by atoms with Gasteiger partial charge in [-0.3, -0.25) is 9.55 Å². The highest BCUT2D eigenvalue weighted by Gasteiger charge is 2.27. The van der Waals surface area contributed by atoms with Gasteiger partial charge < -0.3 is 4.74 Å². The summed E-state index contributed by atoms with van der Waals surface area (Å²) in [6, 6.07) is 8.55. The smallest absolute Gasteiger partial charge is 0.167 e. The van der Waals surface area contributed by atoms with Gasteiger partial charge in [0.05, 0.1) is 11.3 Å². The summed E-state index contributed by atoms with van der Waals surface area (Å²) in [5.74, 6) is 0.738. The molecule has 0 fully saturated rings. The number of hydrogen-bond donors (Lipinski definition) is 0. The Hall–Kier alpha value is -2.21. The average molecular weight is 346 g/mol. The summed E-state index contributed by atoms with van der Waals surface area (Å²) in [5, 5.41) is 0. The summed E-state index contributed by atoms with van der Waals surface area (Å²) in [6.07, 6.45) is 3.42.